The Labute approximate surface area is 107 Å². The summed E-state index contributed by atoms with van der Waals surface area (Å²) in [6, 6.07) is 2.06. The van der Waals surface area contributed by atoms with E-state index < -0.39 is 5.97 Å². The molecular weight excluding hydrogens is 284 g/mol. The molecule has 90 valence electrons. The van der Waals surface area contributed by atoms with Gasteiger partial charge in [-0.2, -0.15) is 0 Å². The van der Waals surface area contributed by atoms with E-state index in [0.29, 0.717) is 15.6 Å². The van der Waals surface area contributed by atoms with E-state index in [4.69, 9.17) is 0 Å². The van der Waals surface area contributed by atoms with E-state index in [-0.39, 0.29) is 6.04 Å². The van der Waals surface area contributed by atoms with Crippen molar-refractivity contribution >= 4 is 32.8 Å². The van der Waals surface area contributed by atoms with E-state index >= 15 is 0 Å². The lowest BCUT2D eigenvalue weighted by Crippen LogP contribution is -2.05. The van der Waals surface area contributed by atoms with E-state index in [1.165, 1.54) is 0 Å². The summed E-state index contributed by atoms with van der Waals surface area (Å²) in [4.78, 5) is 15.4. The maximum atomic E-state index is 11.3. The van der Waals surface area contributed by atoms with Gasteiger partial charge in [-0.1, -0.05) is 0 Å². The van der Waals surface area contributed by atoms with Crippen LogP contribution in [0.3, 0.4) is 0 Å². The van der Waals surface area contributed by atoms with Gasteiger partial charge < -0.3 is 9.67 Å². The number of halogens is 1. The van der Waals surface area contributed by atoms with Gasteiger partial charge in [0.2, 0.25) is 0 Å². The first-order chi connectivity index (χ1) is 7.93. The molecule has 0 fully saturated rings. The van der Waals surface area contributed by atoms with Crippen LogP contribution in [0.2, 0.25) is 0 Å². The summed E-state index contributed by atoms with van der Waals surface area (Å²) in [5.74, 6) is -0.906. The summed E-state index contributed by atoms with van der Waals surface area (Å²) in [6.07, 6.45) is 1.61. The largest absolute Gasteiger partial charge is 0.478 e. The van der Waals surface area contributed by atoms with Crippen LogP contribution in [0, 0.1) is 6.92 Å². The third-order valence-corrected chi connectivity index (χ3v) is 3.26. The molecule has 1 N–H and O–H groups in total. The molecule has 0 aromatic carbocycles. The molecule has 4 nitrogen and oxygen atoms in total. The fourth-order valence-electron chi connectivity index (χ4n) is 2.24. The first-order valence-electron chi connectivity index (χ1n) is 5.32. The Morgan fingerprint density at radius 2 is 2.18 bits per heavy atom. The van der Waals surface area contributed by atoms with Crippen molar-refractivity contribution in [2.75, 3.05) is 0 Å². The summed E-state index contributed by atoms with van der Waals surface area (Å²) in [6.45, 7) is 5.90. The van der Waals surface area contributed by atoms with Crippen molar-refractivity contribution in [2.45, 2.75) is 26.8 Å². The summed E-state index contributed by atoms with van der Waals surface area (Å²) >= 11 is 3.31. The fourth-order valence-corrected chi connectivity index (χ4v) is 2.56. The Morgan fingerprint density at radius 3 is 2.71 bits per heavy atom. The number of fused-ring (bicyclic) bond motifs is 1. The van der Waals surface area contributed by atoms with E-state index in [1.807, 2.05) is 31.4 Å². The number of carboxylic acids is 1. The van der Waals surface area contributed by atoms with Crippen molar-refractivity contribution in [3.05, 3.63) is 28.1 Å². The number of rotatable bonds is 2. The van der Waals surface area contributed by atoms with Crippen molar-refractivity contribution in [1.29, 1.82) is 0 Å². The van der Waals surface area contributed by atoms with Crippen molar-refractivity contribution in [1.82, 2.24) is 9.55 Å². The molecule has 0 aliphatic heterocycles. The molecule has 0 aliphatic rings. The van der Waals surface area contributed by atoms with E-state index in [2.05, 4.69) is 20.9 Å². The predicted molar refractivity (Wildman–Crippen MR) is 69.5 cm³/mol. The van der Waals surface area contributed by atoms with Gasteiger partial charge in [0.1, 0.15) is 4.60 Å². The number of pyridine rings is 1. The quantitative estimate of drug-likeness (QED) is 0.864. The second-order valence-electron chi connectivity index (χ2n) is 4.25. The Kier molecular flexibility index (Phi) is 2.95. The highest BCUT2D eigenvalue weighted by Crippen LogP contribution is 2.29. The van der Waals surface area contributed by atoms with Crippen LogP contribution >= 0.6 is 15.9 Å². The van der Waals surface area contributed by atoms with Gasteiger partial charge in [0.25, 0.3) is 0 Å². The minimum Gasteiger partial charge on any atom is -0.478 e. The zero-order chi connectivity index (χ0) is 12.7. The molecule has 2 heterocycles. The Morgan fingerprint density at radius 1 is 1.53 bits per heavy atom. The molecule has 2 aromatic heterocycles. The van der Waals surface area contributed by atoms with Gasteiger partial charge in [0.15, 0.2) is 0 Å². The number of hydrogen-bond acceptors (Lipinski definition) is 2. The molecule has 0 saturated carbocycles. The monoisotopic (exact) mass is 296 g/mol. The molecule has 0 radical (unpaired) electrons. The number of aromatic nitrogens is 2. The molecule has 0 bridgehead atoms. The zero-order valence-corrected chi connectivity index (χ0v) is 11.4. The number of carboxylic acid groups (broad SMARTS) is 1. The number of hydrogen-bond donors (Lipinski definition) is 1. The van der Waals surface area contributed by atoms with E-state index in [0.717, 1.165) is 11.2 Å². The van der Waals surface area contributed by atoms with Crippen LogP contribution in [-0.2, 0) is 0 Å². The smallest absolute Gasteiger partial charge is 0.338 e. The highest BCUT2D eigenvalue weighted by atomic mass is 79.9. The Balaban J connectivity index is 2.93. The molecule has 17 heavy (non-hydrogen) atoms. The zero-order valence-electron chi connectivity index (χ0n) is 9.86. The normalized spacial score (nSPS) is 11.4. The SMILES string of the molecule is Cc1c(C(=O)O)c2cnc(Br)cc2n1C(C)C. The molecule has 5 heteroatoms. The summed E-state index contributed by atoms with van der Waals surface area (Å²) in [5, 5.41) is 9.96. The second-order valence-corrected chi connectivity index (χ2v) is 5.07. The summed E-state index contributed by atoms with van der Waals surface area (Å²) in [5.41, 5.74) is 2.01. The van der Waals surface area contributed by atoms with E-state index in [9.17, 15) is 9.90 Å². The van der Waals surface area contributed by atoms with Crippen LogP contribution in [0.4, 0.5) is 0 Å². The summed E-state index contributed by atoms with van der Waals surface area (Å²) < 4.78 is 2.73. The van der Waals surface area contributed by atoms with Gasteiger partial charge >= 0.3 is 5.97 Å². The highest BCUT2D eigenvalue weighted by Gasteiger charge is 2.20. The lowest BCUT2D eigenvalue weighted by Gasteiger charge is -2.12. The molecule has 2 rings (SSSR count). The maximum Gasteiger partial charge on any atom is 0.338 e. The van der Waals surface area contributed by atoms with Crippen LogP contribution in [0.5, 0.6) is 0 Å². The molecular formula is C12H13BrN2O2. The van der Waals surface area contributed by atoms with Gasteiger partial charge in [0.05, 0.1) is 11.1 Å². The Bertz CT molecular complexity index is 602. The van der Waals surface area contributed by atoms with Crippen LogP contribution in [0.25, 0.3) is 10.9 Å². The van der Waals surface area contributed by atoms with Gasteiger partial charge in [-0.05, 0) is 42.8 Å². The first-order valence-corrected chi connectivity index (χ1v) is 6.12. The number of carbonyl (C=O) groups is 1. The molecule has 0 amide bonds. The molecule has 2 aromatic rings. The van der Waals surface area contributed by atoms with Gasteiger partial charge in [-0.25, -0.2) is 9.78 Å². The van der Waals surface area contributed by atoms with Crippen LogP contribution < -0.4 is 0 Å². The van der Waals surface area contributed by atoms with E-state index in [1.54, 1.807) is 6.20 Å². The molecule has 0 aliphatic carbocycles. The standard InChI is InChI=1S/C12H13BrN2O2/c1-6(2)15-7(3)11(12(16)17)8-5-14-10(13)4-9(8)15/h4-6H,1-3H3,(H,16,17). The number of nitrogens with zero attached hydrogens (tertiary/aromatic N) is 2. The van der Waals surface area contributed by atoms with Crippen LogP contribution in [0.15, 0.2) is 16.9 Å². The second kappa shape index (κ2) is 4.14. The average molecular weight is 297 g/mol. The van der Waals surface area contributed by atoms with Gasteiger partial charge in [0, 0.05) is 23.3 Å². The van der Waals surface area contributed by atoms with Gasteiger partial charge in [-0.15, -0.1) is 0 Å². The van der Waals surface area contributed by atoms with Crippen molar-refractivity contribution < 1.29 is 9.90 Å². The third kappa shape index (κ3) is 1.84. The van der Waals surface area contributed by atoms with Gasteiger partial charge in [-0.3, -0.25) is 0 Å². The average Bonchev–Trinajstić information content (AvgIpc) is 2.48. The fraction of sp³-hybridized carbons (Fsp3) is 0.333. The predicted octanol–water partition coefficient (Wildman–Crippen LogP) is 3.39. The third-order valence-electron chi connectivity index (χ3n) is 2.83. The topological polar surface area (TPSA) is 55.1 Å². The Hall–Kier alpha value is -1.36. The molecule has 0 spiro atoms. The van der Waals surface area contributed by atoms with Crippen molar-refractivity contribution in [2.24, 2.45) is 0 Å². The lowest BCUT2D eigenvalue weighted by molar-refractivity contribution is 0.0698. The van der Waals surface area contributed by atoms with Crippen LogP contribution in [0.1, 0.15) is 35.9 Å². The molecule has 0 atom stereocenters. The lowest BCUT2D eigenvalue weighted by atomic mass is 10.2. The van der Waals surface area contributed by atoms with Crippen LogP contribution in [-0.4, -0.2) is 20.6 Å². The highest BCUT2D eigenvalue weighted by molar-refractivity contribution is 9.10. The van der Waals surface area contributed by atoms with Crippen molar-refractivity contribution in [3.8, 4) is 0 Å². The molecule has 0 unspecified atom stereocenters. The first kappa shape index (κ1) is 12.1. The maximum absolute atomic E-state index is 11.3. The number of aromatic carboxylic acids is 1. The minimum atomic E-state index is -0.906. The summed E-state index contributed by atoms with van der Waals surface area (Å²) in [7, 11) is 0. The minimum absolute atomic E-state index is 0.208. The molecule has 0 saturated heterocycles. The van der Waals surface area contributed by atoms with Crippen molar-refractivity contribution in [3.63, 3.8) is 0 Å².